The fourth-order valence-electron chi connectivity index (χ4n) is 0.520. The zero-order valence-electron chi connectivity index (χ0n) is 4.13. The summed E-state index contributed by atoms with van der Waals surface area (Å²) in [6, 6.07) is 0. The van der Waals surface area contributed by atoms with Crippen LogP contribution in [0.4, 0.5) is 0 Å². The number of nitrogens with zero attached hydrogens (tertiary/aromatic N) is 1. The van der Waals surface area contributed by atoms with Gasteiger partial charge in [-0.3, -0.25) is 5.32 Å². The highest BCUT2D eigenvalue weighted by molar-refractivity contribution is 5.01. The smallest absolute Gasteiger partial charge is 0.312 e. The number of nitrogens with one attached hydrogen (secondary N) is 1. The molecule has 0 amide bonds. The highest BCUT2D eigenvalue weighted by Crippen LogP contribution is 2.03. The predicted molar refractivity (Wildman–Crippen MR) is 27.1 cm³/mol. The van der Waals surface area contributed by atoms with E-state index >= 15 is 0 Å². The molecule has 0 aliphatic carbocycles. The van der Waals surface area contributed by atoms with Gasteiger partial charge in [-0.2, -0.15) is 0 Å². The first-order valence-electron chi connectivity index (χ1n) is 2.23. The Morgan fingerprint density at radius 1 is 1.88 bits per heavy atom. The van der Waals surface area contributed by atoms with Crippen LogP contribution in [0, 0.1) is 16.7 Å². The molecule has 43 valence electrons. The molecule has 0 fully saturated rings. The van der Waals surface area contributed by atoms with Crippen molar-refractivity contribution < 1.29 is 4.92 Å². The van der Waals surface area contributed by atoms with Gasteiger partial charge in [-0.25, -0.2) is 0 Å². The molecule has 0 unspecified atom stereocenters. The molecule has 1 heterocycles. The largest absolute Gasteiger partial charge is 0.358 e. The molecule has 4 nitrogen and oxygen atoms in total. The van der Waals surface area contributed by atoms with Crippen molar-refractivity contribution in [1.29, 1.82) is 0 Å². The first kappa shape index (κ1) is 5.08. The van der Waals surface area contributed by atoms with Crippen molar-refractivity contribution in [1.82, 2.24) is 5.32 Å². The molecule has 1 aliphatic rings. The second kappa shape index (κ2) is 1.81. The maximum atomic E-state index is 9.86. The quantitative estimate of drug-likeness (QED) is 0.392. The number of hydrogen-bond acceptors (Lipinski definition) is 3. The molecule has 0 aromatic carbocycles. The van der Waals surface area contributed by atoms with Crippen LogP contribution in [0.2, 0.25) is 0 Å². The zero-order valence-corrected chi connectivity index (χ0v) is 4.13. The Kier molecular flexibility index (Phi) is 1.15. The van der Waals surface area contributed by atoms with Crippen molar-refractivity contribution in [3.8, 4) is 0 Å². The number of nitro groups is 1. The van der Waals surface area contributed by atoms with E-state index in [1.807, 2.05) is 0 Å². The lowest BCUT2D eigenvalue weighted by Gasteiger charge is -1.91. The molecule has 1 radical (unpaired) electrons. The Bertz CT molecular complexity index is 141. The van der Waals surface area contributed by atoms with Gasteiger partial charge in [-0.05, 0) is 4.92 Å². The van der Waals surface area contributed by atoms with Gasteiger partial charge in [0.05, 0.1) is 0 Å². The third kappa shape index (κ3) is 0.776. The predicted octanol–water partition coefficient (Wildman–Crippen LogP) is 0.260. The Morgan fingerprint density at radius 3 is 2.88 bits per heavy atom. The summed E-state index contributed by atoms with van der Waals surface area (Å²) in [6.45, 7) is 1.64. The van der Waals surface area contributed by atoms with Crippen LogP contribution in [0.1, 0.15) is 6.42 Å². The Labute approximate surface area is 46.3 Å². The van der Waals surface area contributed by atoms with Crippen LogP contribution in [0.15, 0.2) is 11.9 Å². The standard InChI is InChI=1S/C4H5N2O2/c7-6(8)4-2-1-3-5-4/h2-3,5H,1H2. The summed E-state index contributed by atoms with van der Waals surface area (Å²) >= 11 is 0. The first-order chi connectivity index (χ1) is 3.80. The first-order valence-corrected chi connectivity index (χ1v) is 2.23. The van der Waals surface area contributed by atoms with Gasteiger partial charge in [-0.15, -0.1) is 0 Å². The molecule has 4 heteroatoms. The van der Waals surface area contributed by atoms with Gasteiger partial charge in [0.25, 0.3) is 0 Å². The van der Waals surface area contributed by atoms with Crippen molar-refractivity contribution in [3.05, 3.63) is 28.6 Å². The molecular weight excluding hydrogens is 108 g/mol. The summed E-state index contributed by atoms with van der Waals surface area (Å²) in [5.74, 6) is 0.0880. The fourth-order valence-corrected chi connectivity index (χ4v) is 0.520. The Hall–Kier alpha value is -1.06. The lowest BCUT2D eigenvalue weighted by molar-refractivity contribution is -0.430. The summed E-state index contributed by atoms with van der Waals surface area (Å²) in [7, 11) is 0. The SMILES string of the molecule is O=[N+]([O-])C1=CC[CH]N1. The average molecular weight is 113 g/mol. The normalized spacial score (nSPS) is 17.2. The zero-order chi connectivity index (χ0) is 5.98. The van der Waals surface area contributed by atoms with Crippen molar-refractivity contribution in [3.63, 3.8) is 0 Å². The van der Waals surface area contributed by atoms with Crippen LogP contribution < -0.4 is 5.32 Å². The lowest BCUT2D eigenvalue weighted by Crippen LogP contribution is -2.10. The molecule has 1 rings (SSSR count). The van der Waals surface area contributed by atoms with E-state index in [1.165, 1.54) is 6.08 Å². The van der Waals surface area contributed by atoms with E-state index < -0.39 is 4.92 Å². The Balaban J connectivity index is 2.57. The summed E-state index contributed by atoms with van der Waals surface area (Å²) < 4.78 is 0. The van der Waals surface area contributed by atoms with Crippen molar-refractivity contribution in [2.75, 3.05) is 0 Å². The van der Waals surface area contributed by atoms with Gasteiger partial charge in [0, 0.05) is 12.5 Å². The molecule has 0 aromatic rings. The maximum Gasteiger partial charge on any atom is 0.312 e. The van der Waals surface area contributed by atoms with Gasteiger partial charge < -0.3 is 10.1 Å². The van der Waals surface area contributed by atoms with Crippen molar-refractivity contribution >= 4 is 0 Å². The van der Waals surface area contributed by atoms with Gasteiger partial charge in [0.1, 0.15) is 6.54 Å². The molecule has 0 aromatic heterocycles. The van der Waals surface area contributed by atoms with Gasteiger partial charge in [0.15, 0.2) is 0 Å². The average Bonchev–Trinajstić information content (AvgIpc) is 2.12. The van der Waals surface area contributed by atoms with Crippen LogP contribution in [-0.2, 0) is 0 Å². The molecular formula is C4H5N2O2. The minimum Gasteiger partial charge on any atom is -0.358 e. The monoisotopic (exact) mass is 113 g/mol. The van der Waals surface area contributed by atoms with Crippen LogP contribution in [0.3, 0.4) is 0 Å². The van der Waals surface area contributed by atoms with Crippen LogP contribution in [0.5, 0.6) is 0 Å². The molecule has 0 bridgehead atoms. The van der Waals surface area contributed by atoms with E-state index in [1.54, 1.807) is 6.54 Å². The van der Waals surface area contributed by atoms with Crippen molar-refractivity contribution in [2.24, 2.45) is 0 Å². The van der Waals surface area contributed by atoms with Gasteiger partial charge >= 0.3 is 5.82 Å². The summed E-state index contributed by atoms with van der Waals surface area (Å²) in [6.07, 6.45) is 2.18. The number of hydrogen-bond donors (Lipinski definition) is 1. The highest BCUT2D eigenvalue weighted by atomic mass is 16.6. The van der Waals surface area contributed by atoms with E-state index in [0.29, 0.717) is 6.42 Å². The van der Waals surface area contributed by atoms with E-state index in [-0.39, 0.29) is 5.82 Å². The maximum absolute atomic E-state index is 9.86. The molecule has 0 atom stereocenters. The van der Waals surface area contributed by atoms with Crippen LogP contribution in [0.25, 0.3) is 0 Å². The van der Waals surface area contributed by atoms with Crippen LogP contribution >= 0.6 is 0 Å². The summed E-state index contributed by atoms with van der Waals surface area (Å²) in [5.41, 5.74) is 0. The molecule has 1 N–H and O–H groups in total. The second-order valence-corrected chi connectivity index (χ2v) is 1.43. The van der Waals surface area contributed by atoms with E-state index in [4.69, 9.17) is 0 Å². The summed E-state index contributed by atoms with van der Waals surface area (Å²) in [5, 5.41) is 12.3. The van der Waals surface area contributed by atoms with E-state index in [0.717, 1.165) is 0 Å². The molecule has 1 aliphatic heterocycles. The number of rotatable bonds is 1. The molecule has 0 saturated heterocycles. The Morgan fingerprint density at radius 2 is 2.62 bits per heavy atom. The topological polar surface area (TPSA) is 55.2 Å². The third-order valence-corrected chi connectivity index (χ3v) is 0.876. The van der Waals surface area contributed by atoms with Crippen molar-refractivity contribution in [2.45, 2.75) is 6.42 Å². The minimum atomic E-state index is -0.441. The third-order valence-electron chi connectivity index (χ3n) is 0.876. The van der Waals surface area contributed by atoms with Gasteiger partial charge in [-0.1, -0.05) is 0 Å². The second-order valence-electron chi connectivity index (χ2n) is 1.43. The minimum absolute atomic E-state index is 0.0880. The summed E-state index contributed by atoms with van der Waals surface area (Å²) in [4.78, 5) is 9.42. The molecule has 8 heavy (non-hydrogen) atoms. The van der Waals surface area contributed by atoms with E-state index in [2.05, 4.69) is 5.32 Å². The van der Waals surface area contributed by atoms with Gasteiger partial charge in [0.2, 0.25) is 0 Å². The molecule has 0 saturated carbocycles. The van der Waals surface area contributed by atoms with Crippen LogP contribution in [-0.4, -0.2) is 4.92 Å². The fraction of sp³-hybridized carbons (Fsp3) is 0.250. The lowest BCUT2D eigenvalue weighted by atomic mass is 10.5. The molecule has 0 spiro atoms. The van der Waals surface area contributed by atoms with E-state index in [9.17, 15) is 10.1 Å². The highest BCUT2D eigenvalue weighted by Gasteiger charge is 2.12.